The number of nitrogens with one attached hydrogen (secondary N) is 2. The van der Waals surface area contributed by atoms with Gasteiger partial charge in [-0.3, -0.25) is 9.59 Å². The third-order valence-corrected chi connectivity index (χ3v) is 3.23. The van der Waals surface area contributed by atoms with Gasteiger partial charge in [0.05, 0.1) is 13.5 Å². The van der Waals surface area contributed by atoms with Gasteiger partial charge in [0.25, 0.3) is 0 Å². The molecule has 2 N–H and O–H groups in total. The van der Waals surface area contributed by atoms with Crippen LogP contribution in [0.3, 0.4) is 0 Å². The van der Waals surface area contributed by atoms with Gasteiger partial charge in [-0.25, -0.2) is 4.79 Å². The van der Waals surface area contributed by atoms with Crippen molar-refractivity contribution in [3.8, 4) is 0 Å². The smallest absolute Gasteiger partial charge is 0.319 e. The Kier molecular flexibility index (Phi) is 4.02. The molecule has 106 valence electrons. The molecular formula is C14H16N2O4. The molecule has 1 heterocycles. The third kappa shape index (κ3) is 2.96. The van der Waals surface area contributed by atoms with E-state index in [-0.39, 0.29) is 18.2 Å². The molecule has 0 saturated heterocycles. The van der Waals surface area contributed by atoms with Crippen molar-refractivity contribution in [2.24, 2.45) is 5.92 Å². The van der Waals surface area contributed by atoms with Crippen molar-refractivity contribution >= 4 is 23.5 Å². The maximum atomic E-state index is 12.2. The number of methoxy groups -OCH3 is 1. The predicted molar refractivity (Wildman–Crippen MR) is 72.4 cm³/mol. The van der Waals surface area contributed by atoms with Gasteiger partial charge in [-0.2, -0.15) is 0 Å². The average molecular weight is 276 g/mol. The van der Waals surface area contributed by atoms with Crippen LogP contribution in [0.1, 0.15) is 29.3 Å². The van der Waals surface area contributed by atoms with Gasteiger partial charge in [0.1, 0.15) is 0 Å². The number of hydrogen-bond acceptors (Lipinski definition) is 4. The number of benzene rings is 1. The second-order valence-corrected chi connectivity index (χ2v) is 4.73. The SMILES string of the molecule is COC(=O)CC(C)C(=O)c1ccc2c(c1)CNC(=O)N2. The molecule has 0 fully saturated rings. The van der Waals surface area contributed by atoms with Crippen molar-refractivity contribution in [3.63, 3.8) is 0 Å². The lowest BCUT2D eigenvalue weighted by Crippen LogP contribution is -2.33. The predicted octanol–water partition coefficient (Wildman–Crippen LogP) is 1.70. The molecule has 0 aromatic heterocycles. The van der Waals surface area contributed by atoms with Crippen LogP contribution >= 0.6 is 0 Å². The number of fused-ring (bicyclic) bond motifs is 1. The molecule has 0 radical (unpaired) electrons. The van der Waals surface area contributed by atoms with Crippen LogP contribution < -0.4 is 10.6 Å². The van der Waals surface area contributed by atoms with E-state index in [4.69, 9.17) is 0 Å². The molecule has 2 rings (SSSR count). The zero-order valence-corrected chi connectivity index (χ0v) is 11.4. The Hall–Kier alpha value is -2.37. The minimum atomic E-state index is -0.438. The van der Waals surface area contributed by atoms with Crippen LogP contribution in [0.2, 0.25) is 0 Å². The molecule has 1 atom stereocenters. The summed E-state index contributed by atoms with van der Waals surface area (Å²) in [6, 6.07) is 4.83. The highest BCUT2D eigenvalue weighted by Crippen LogP contribution is 2.22. The number of carbonyl (C=O) groups excluding carboxylic acids is 3. The van der Waals surface area contributed by atoms with Gasteiger partial charge >= 0.3 is 12.0 Å². The number of anilines is 1. The van der Waals surface area contributed by atoms with Gasteiger partial charge in [0, 0.05) is 23.7 Å². The number of amides is 2. The van der Waals surface area contributed by atoms with Crippen LogP contribution in [0.4, 0.5) is 10.5 Å². The van der Waals surface area contributed by atoms with E-state index in [2.05, 4.69) is 15.4 Å². The number of Topliss-reactive ketones (excluding diaryl/α,β-unsaturated/α-hetero) is 1. The highest BCUT2D eigenvalue weighted by Gasteiger charge is 2.21. The van der Waals surface area contributed by atoms with E-state index in [9.17, 15) is 14.4 Å². The summed E-state index contributed by atoms with van der Waals surface area (Å²) in [7, 11) is 1.30. The summed E-state index contributed by atoms with van der Waals surface area (Å²) >= 11 is 0. The van der Waals surface area contributed by atoms with Crippen LogP contribution in [-0.4, -0.2) is 24.9 Å². The minimum Gasteiger partial charge on any atom is -0.469 e. The zero-order chi connectivity index (χ0) is 14.7. The summed E-state index contributed by atoms with van der Waals surface area (Å²) in [4.78, 5) is 34.6. The molecule has 6 heteroatoms. The van der Waals surface area contributed by atoms with E-state index in [0.29, 0.717) is 17.8 Å². The normalized spacial score (nSPS) is 14.6. The molecular weight excluding hydrogens is 260 g/mol. The van der Waals surface area contributed by atoms with Gasteiger partial charge in [-0.1, -0.05) is 6.92 Å². The minimum absolute atomic E-state index is 0.0569. The second kappa shape index (κ2) is 5.73. The van der Waals surface area contributed by atoms with E-state index in [1.807, 2.05) is 0 Å². The summed E-state index contributed by atoms with van der Waals surface area (Å²) in [6.07, 6.45) is 0.0569. The molecule has 2 amide bonds. The molecule has 1 aromatic rings. The lowest BCUT2D eigenvalue weighted by atomic mass is 9.94. The summed E-state index contributed by atoms with van der Waals surface area (Å²) in [5, 5.41) is 5.30. The Balaban J connectivity index is 2.15. The number of carbonyl (C=O) groups is 3. The summed E-state index contributed by atoms with van der Waals surface area (Å²) in [6.45, 7) is 2.08. The molecule has 6 nitrogen and oxygen atoms in total. The van der Waals surface area contributed by atoms with Crippen LogP contribution in [0.25, 0.3) is 0 Å². The lowest BCUT2D eigenvalue weighted by Gasteiger charge is -2.19. The standard InChI is InChI=1S/C14H16N2O4/c1-8(5-12(17)20-2)13(18)9-3-4-11-10(6-9)7-15-14(19)16-11/h3-4,6,8H,5,7H2,1-2H3,(H2,15,16,19). The Morgan fingerprint density at radius 2 is 2.15 bits per heavy atom. The van der Waals surface area contributed by atoms with E-state index < -0.39 is 11.9 Å². The molecule has 1 aliphatic rings. The molecule has 1 unspecified atom stereocenters. The third-order valence-electron chi connectivity index (χ3n) is 3.23. The van der Waals surface area contributed by atoms with Gasteiger partial charge in [0.15, 0.2) is 5.78 Å². The summed E-state index contributed by atoms with van der Waals surface area (Å²) in [5.74, 6) is -0.959. The van der Waals surface area contributed by atoms with Crippen molar-refractivity contribution in [3.05, 3.63) is 29.3 Å². The summed E-state index contributed by atoms with van der Waals surface area (Å²) in [5.41, 5.74) is 2.07. The van der Waals surface area contributed by atoms with E-state index >= 15 is 0 Å². The first-order valence-corrected chi connectivity index (χ1v) is 6.30. The number of ketones is 1. The summed E-state index contributed by atoms with van der Waals surface area (Å²) < 4.78 is 4.56. The molecule has 0 spiro atoms. The molecule has 0 bridgehead atoms. The highest BCUT2D eigenvalue weighted by molar-refractivity contribution is 6.00. The Morgan fingerprint density at radius 1 is 1.40 bits per heavy atom. The van der Waals surface area contributed by atoms with Crippen molar-refractivity contribution < 1.29 is 19.1 Å². The number of rotatable bonds is 4. The topological polar surface area (TPSA) is 84.5 Å². The molecule has 20 heavy (non-hydrogen) atoms. The average Bonchev–Trinajstić information content (AvgIpc) is 2.45. The maximum Gasteiger partial charge on any atom is 0.319 e. The first-order chi connectivity index (χ1) is 9.51. The van der Waals surface area contributed by atoms with E-state index in [1.165, 1.54) is 7.11 Å². The number of ether oxygens (including phenoxy) is 1. The van der Waals surface area contributed by atoms with Crippen molar-refractivity contribution in [2.75, 3.05) is 12.4 Å². The number of urea groups is 1. The fourth-order valence-corrected chi connectivity index (χ4v) is 2.07. The Bertz CT molecular complexity index is 568. The van der Waals surface area contributed by atoms with Crippen LogP contribution in [-0.2, 0) is 16.1 Å². The van der Waals surface area contributed by atoms with E-state index in [1.54, 1.807) is 25.1 Å². The zero-order valence-electron chi connectivity index (χ0n) is 11.4. The highest BCUT2D eigenvalue weighted by atomic mass is 16.5. The molecule has 1 aromatic carbocycles. The molecule has 1 aliphatic heterocycles. The maximum absolute atomic E-state index is 12.2. The largest absolute Gasteiger partial charge is 0.469 e. The fraction of sp³-hybridized carbons (Fsp3) is 0.357. The second-order valence-electron chi connectivity index (χ2n) is 4.73. The van der Waals surface area contributed by atoms with Crippen LogP contribution in [0.5, 0.6) is 0 Å². The van der Waals surface area contributed by atoms with Crippen molar-refractivity contribution in [1.82, 2.24) is 5.32 Å². The molecule has 0 aliphatic carbocycles. The lowest BCUT2D eigenvalue weighted by molar-refractivity contribution is -0.141. The quantitative estimate of drug-likeness (QED) is 0.647. The van der Waals surface area contributed by atoms with Crippen LogP contribution in [0, 0.1) is 5.92 Å². The van der Waals surface area contributed by atoms with Gasteiger partial charge in [-0.15, -0.1) is 0 Å². The van der Waals surface area contributed by atoms with Crippen LogP contribution in [0.15, 0.2) is 18.2 Å². The first-order valence-electron chi connectivity index (χ1n) is 6.30. The van der Waals surface area contributed by atoms with Crippen molar-refractivity contribution in [2.45, 2.75) is 19.9 Å². The fourth-order valence-electron chi connectivity index (χ4n) is 2.07. The monoisotopic (exact) mass is 276 g/mol. The van der Waals surface area contributed by atoms with Crippen molar-refractivity contribution in [1.29, 1.82) is 0 Å². The Morgan fingerprint density at radius 3 is 2.85 bits per heavy atom. The Labute approximate surface area is 116 Å². The van der Waals surface area contributed by atoms with Gasteiger partial charge < -0.3 is 15.4 Å². The number of esters is 1. The van der Waals surface area contributed by atoms with Gasteiger partial charge in [0.2, 0.25) is 0 Å². The first kappa shape index (κ1) is 14.0. The molecule has 0 saturated carbocycles. The number of hydrogen-bond donors (Lipinski definition) is 2. The van der Waals surface area contributed by atoms with Gasteiger partial charge in [-0.05, 0) is 23.8 Å². The van der Waals surface area contributed by atoms with E-state index in [0.717, 1.165) is 5.56 Å².